The third kappa shape index (κ3) is 19.3. The minimum absolute atomic E-state index is 0.0874. The van der Waals surface area contributed by atoms with Gasteiger partial charge in [-0.3, -0.25) is 43.2 Å². The zero-order valence-corrected chi connectivity index (χ0v) is 37.5. The predicted octanol–water partition coefficient (Wildman–Crippen LogP) is -2.65. The molecular formula is C43H60N8O16. The lowest BCUT2D eigenvalue weighted by atomic mass is 10.0. The summed E-state index contributed by atoms with van der Waals surface area (Å²) in [5.74, 6) is -13.2. The number of phenolic OH excluding ortho intramolecular Hbond substituents is 2. The molecule has 0 saturated carbocycles. The van der Waals surface area contributed by atoms with Crippen molar-refractivity contribution in [2.75, 3.05) is 6.61 Å². The lowest BCUT2D eigenvalue weighted by Gasteiger charge is -2.28. The zero-order valence-electron chi connectivity index (χ0n) is 37.5. The van der Waals surface area contributed by atoms with Crippen LogP contribution in [0.25, 0.3) is 0 Å². The Kier molecular flexibility index (Phi) is 22.1. The molecule has 0 fully saturated rings. The summed E-state index contributed by atoms with van der Waals surface area (Å²) in [6.07, 6.45) is -2.77. The number of phenols is 2. The summed E-state index contributed by atoms with van der Waals surface area (Å²) in [6, 6.07) is -1.89. The SMILES string of the molecule is CC(C)C[C@H](NC(=O)[C@H](C)NC(=O)[C@@H](NC(=O)[C@H](CC(=O)O)NC(=O)[C@H](CC(=O)O)NC(=O)[C@H](Cc1ccc(O)cc1)NC(=O)[C@H](Cc1ccc(O)cc1)NC(=O)[C@@H](N)CO)C(C)C)C(=O)O. The molecule has 0 spiro atoms. The lowest BCUT2D eigenvalue weighted by Crippen LogP contribution is -2.61. The normalized spacial score (nSPS) is 14.6. The Hall–Kier alpha value is -7.34. The first-order valence-corrected chi connectivity index (χ1v) is 21.0. The van der Waals surface area contributed by atoms with Crippen LogP contribution in [0.2, 0.25) is 0 Å². The van der Waals surface area contributed by atoms with Crippen LogP contribution in [-0.4, -0.2) is 145 Å². The standard InChI is InChI=1S/C43H60N8O16/c1-20(2)14-32(43(66)67)50-36(59)22(5)45-42(65)35(21(3)4)51-41(64)31(18-34(57)58)49-40(63)30(17-33(55)56)48-39(62)29(16-24-8-12-26(54)13-9-24)47-38(61)28(46-37(60)27(44)19-52)15-23-6-10-25(53)11-7-23/h6-13,20-22,27-32,35,52-54H,14-19,44H2,1-5H3,(H,45,65)(H,46,60)(H,47,61)(H,48,62)(H,49,63)(H,50,59)(H,51,64)(H,55,56)(H,57,58)(H,66,67)/t22-,27-,28-,29-,30-,31-,32-,35-/m0/s1. The number of benzene rings is 2. The van der Waals surface area contributed by atoms with Crippen LogP contribution in [0, 0.1) is 11.8 Å². The molecule has 0 saturated heterocycles. The molecule has 0 bridgehead atoms. The maximum absolute atomic E-state index is 14.0. The Morgan fingerprint density at radius 3 is 1.24 bits per heavy atom. The number of aliphatic hydroxyl groups is 1. The number of carbonyl (C=O) groups excluding carboxylic acids is 7. The highest BCUT2D eigenvalue weighted by Gasteiger charge is 2.36. The molecular weight excluding hydrogens is 885 g/mol. The largest absolute Gasteiger partial charge is 0.508 e. The van der Waals surface area contributed by atoms with E-state index in [1.165, 1.54) is 69.3 Å². The summed E-state index contributed by atoms with van der Waals surface area (Å²) >= 11 is 0. The number of carboxylic acid groups (broad SMARTS) is 3. The molecule has 2 rings (SSSR count). The number of hydrogen-bond acceptors (Lipinski definition) is 14. The number of hydrogen-bond donors (Lipinski definition) is 14. The molecule has 24 heteroatoms. The topological polar surface area (TPSA) is 402 Å². The Morgan fingerprint density at radius 1 is 0.493 bits per heavy atom. The Bertz CT molecular complexity index is 2080. The number of aliphatic hydroxyl groups excluding tert-OH is 1. The van der Waals surface area contributed by atoms with Crippen molar-refractivity contribution in [2.24, 2.45) is 17.6 Å². The molecule has 2 aromatic carbocycles. The van der Waals surface area contributed by atoms with Gasteiger partial charge >= 0.3 is 17.9 Å². The highest BCUT2D eigenvalue weighted by atomic mass is 16.4. The maximum atomic E-state index is 14.0. The van der Waals surface area contributed by atoms with Crippen LogP contribution >= 0.6 is 0 Å². The molecule has 15 N–H and O–H groups in total. The summed E-state index contributed by atoms with van der Waals surface area (Å²) in [7, 11) is 0. The highest BCUT2D eigenvalue weighted by molar-refractivity contribution is 5.99. The van der Waals surface area contributed by atoms with Crippen molar-refractivity contribution in [3.63, 3.8) is 0 Å². The smallest absolute Gasteiger partial charge is 0.326 e. The monoisotopic (exact) mass is 944 g/mol. The van der Waals surface area contributed by atoms with Gasteiger partial charge in [0.25, 0.3) is 0 Å². The fraction of sp³-hybridized carbons (Fsp3) is 0.488. The van der Waals surface area contributed by atoms with Crippen LogP contribution in [0.1, 0.15) is 65.0 Å². The van der Waals surface area contributed by atoms with Crippen LogP contribution in [0.5, 0.6) is 11.5 Å². The second-order valence-corrected chi connectivity index (χ2v) is 16.5. The number of carboxylic acids is 3. The highest BCUT2D eigenvalue weighted by Crippen LogP contribution is 2.15. The first-order valence-electron chi connectivity index (χ1n) is 21.0. The van der Waals surface area contributed by atoms with Gasteiger partial charge in [0.2, 0.25) is 41.4 Å². The fourth-order valence-corrected chi connectivity index (χ4v) is 6.25. The molecule has 67 heavy (non-hydrogen) atoms. The van der Waals surface area contributed by atoms with E-state index in [1.54, 1.807) is 13.8 Å². The second-order valence-electron chi connectivity index (χ2n) is 16.5. The molecule has 8 atom stereocenters. The molecule has 2 aromatic rings. The number of aliphatic carboxylic acids is 3. The number of aromatic hydroxyl groups is 2. The van der Waals surface area contributed by atoms with Crippen molar-refractivity contribution in [1.82, 2.24) is 37.2 Å². The minimum Gasteiger partial charge on any atom is -0.508 e. The minimum atomic E-state index is -2.04. The van der Waals surface area contributed by atoms with Crippen LogP contribution in [0.15, 0.2) is 48.5 Å². The van der Waals surface area contributed by atoms with Gasteiger partial charge in [0, 0.05) is 12.8 Å². The summed E-state index contributed by atoms with van der Waals surface area (Å²) in [5, 5.41) is 74.0. The maximum Gasteiger partial charge on any atom is 0.326 e. The lowest BCUT2D eigenvalue weighted by molar-refractivity contribution is -0.144. The summed E-state index contributed by atoms with van der Waals surface area (Å²) in [5.41, 5.74) is 6.39. The van der Waals surface area contributed by atoms with Gasteiger partial charge < -0.3 is 73.6 Å². The van der Waals surface area contributed by atoms with E-state index in [4.69, 9.17) is 5.73 Å². The van der Waals surface area contributed by atoms with Gasteiger partial charge in [-0.05, 0) is 60.6 Å². The third-order valence-corrected chi connectivity index (χ3v) is 9.90. The van der Waals surface area contributed by atoms with Crippen LogP contribution in [0.3, 0.4) is 0 Å². The van der Waals surface area contributed by atoms with Crippen LogP contribution in [0.4, 0.5) is 0 Å². The fourth-order valence-electron chi connectivity index (χ4n) is 6.25. The first-order chi connectivity index (χ1) is 31.3. The van der Waals surface area contributed by atoms with E-state index >= 15 is 0 Å². The van der Waals surface area contributed by atoms with E-state index in [-0.39, 0.29) is 36.7 Å². The molecule has 24 nitrogen and oxygen atoms in total. The van der Waals surface area contributed by atoms with E-state index in [2.05, 4.69) is 37.2 Å². The van der Waals surface area contributed by atoms with Crippen LogP contribution in [-0.2, 0) is 60.8 Å². The molecule has 0 aliphatic heterocycles. The summed E-state index contributed by atoms with van der Waals surface area (Å²) < 4.78 is 0. The van der Waals surface area contributed by atoms with Crippen molar-refractivity contribution < 1.29 is 78.6 Å². The molecule has 0 aliphatic carbocycles. The van der Waals surface area contributed by atoms with Crippen molar-refractivity contribution >= 4 is 59.3 Å². The van der Waals surface area contributed by atoms with Gasteiger partial charge in [-0.1, -0.05) is 52.0 Å². The Balaban J connectivity index is 2.41. The van der Waals surface area contributed by atoms with Crippen molar-refractivity contribution in [3.8, 4) is 11.5 Å². The van der Waals surface area contributed by atoms with E-state index in [0.717, 1.165) is 0 Å². The molecule has 0 radical (unpaired) electrons. The number of nitrogens with one attached hydrogen (secondary N) is 7. The number of amides is 7. The molecule has 7 amide bonds. The van der Waals surface area contributed by atoms with Gasteiger partial charge in [-0.2, -0.15) is 0 Å². The summed E-state index contributed by atoms with van der Waals surface area (Å²) in [4.78, 5) is 130. The van der Waals surface area contributed by atoms with E-state index in [9.17, 15) is 78.6 Å². The van der Waals surface area contributed by atoms with Gasteiger partial charge in [-0.25, -0.2) is 4.79 Å². The molecule has 0 heterocycles. The van der Waals surface area contributed by atoms with E-state index in [1.807, 2.05) is 0 Å². The molecule has 368 valence electrons. The molecule has 0 aliphatic rings. The van der Waals surface area contributed by atoms with Gasteiger partial charge in [-0.15, -0.1) is 0 Å². The van der Waals surface area contributed by atoms with Crippen LogP contribution < -0.4 is 43.0 Å². The van der Waals surface area contributed by atoms with Gasteiger partial charge in [0.1, 0.15) is 59.8 Å². The number of carbonyl (C=O) groups is 10. The second kappa shape index (κ2) is 26.6. The number of rotatable bonds is 27. The van der Waals surface area contributed by atoms with Gasteiger partial charge in [0.05, 0.1) is 19.4 Å². The Morgan fingerprint density at radius 2 is 0.866 bits per heavy atom. The quantitative estimate of drug-likeness (QED) is 0.0435. The van der Waals surface area contributed by atoms with Gasteiger partial charge in [0.15, 0.2) is 0 Å². The summed E-state index contributed by atoms with van der Waals surface area (Å²) in [6.45, 7) is 6.93. The third-order valence-electron chi connectivity index (χ3n) is 9.90. The van der Waals surface area contributed by atoms with Crippen molar-refractivity contribution in [2.45, 2.75) is 115 Å². The van der Waals surface area contributed by atoms with E-state index in [0.29, 0.717) is 11.1 Å². The average Bonchev–Trinajstić information content (AvgIpc) is 3.24. The first kappa shape index (κ1) is 55.8. The van der Waals surface area contributed by atoms with Crippen molar-refractivity contribution in [1.29, 1.82) is 0 Å². The average molecular weight is 945 g/mol. The predicted molar refractivity (Wildman–Crippen MR) is 234 cm³/mol. The Labute approximate surface area is 384 Å². The molecule has 0 unspecified atom stereocenters. The number of nitrogens with two attached hydrogens (primary N) is 1. The molecule has 0 aromatic heterocycles. The van der Waals surface area contributed by atoms with E-state index < -0.39 is 133 Å². The zero-order chi connectivity index (χ0) is 50.7. The van der Waals surface area contributed by atoms with Crippen molar-refractivity contribution in [3.05, 3.63) is 59.7 Å².